The molecule has 21 heavy (non-hydrogen) atoms. The molecule has 0 bridgehead atoms. The van der Waals surface area contributed by atoms with Crippen molar-refractivity contribution in [1.29, 1.82) is 0 Å². The molecule has 0 saturated carbocycles. The second-order valence-electron chi connectivity index (χ2n) is 5.35. The van der Waals surface area contributed by atoms with Gasteiger partial charge in [-0.1, -0.05) is 18.2 Å². The molecule has 0 aliphatic heterocycles. The molecule has 1 heterocycles. The third-order valence-electron chi connectivity index (χ3n) is 3.65. The van der Waals surface area contributed by atoms with Crippen molar-refractivity contribution in [3.05, 3.63) is 59.9 Å². The van der Waals surface area contributed by atoms with Crippen molar-refractivity contribution in [2.45, 2.75) is 32.2 Å². The number of benzene rings is 1. The van der Waals surface area contributed by atoms with E-state index >= 15 is 0 Å². The molecule has 0 saturated heterocycles. The van der Waals surface area contributed by atoms with Gasteiger partial charge in [-0.05, 0) is 62.1 Å². The van der Waals surface area contributed by atoms with Gasteiger partial charge in [0.2, 0.25) is 0 Å². The lowest BCUT2D eigenvalue weighted by molar-refractivity contribution is 0.414. The lowest BCUT2D eigenvalue weighted by Crippen LogP contribution is -2.28. The lowest BCUT2D eigenvalue weighted by atomic mass is 10.1. The third-order valence-corrected chi connectivity index (χ3v) is 3.65. The first-order chi connectivity index (χ1) is 10.3. The highest BCUT2D eigenvalue weighted by Crippen LogP contribution is 2.13. The van der Waals surface area contributed by atoms with Gasteiger partial charge in [-0.15, -0.1) is 0 Å². The summed E-state index contributed by atoms with van der Waals surface area (Å²) >= 11 is 0. The Morgan fingerprint density at radius 2 is 1.90 bits per heavy atom. The summed E-state index contributed by atoms with van der Waals surface area (Å²) in [6.07, 6.45) is 7.00. The third kappa shape index (κ3) is 5.56. The Kier molecular flexibility index (Phi) is 6.22. The van der Waals surface area contributed by atoms with Crippen LogP contribution in [0.25, 0.3) is 0 Å². The number of nitrogens with one attached hydrogen (secondary N) is 1. The molecular formula is C18H24N2O. The maximum Gasteiger partial charge on any atom is 0.118 e. The number of ether oxygens (including phenoxy) is 1. The van der Waals surface area contributed by atoms with Crippen LogP contribution >= 0.6 is 0 Å². The number of methoxy groups -OCH3 is 1. The van der Waals surface area contributed by atoms with E-state index in [1.54, 1.807) is 7.11 Å². The van der Waals surface area contributed by atoms with Gasteiger partial charge in [0.25, 0.3) is 0 Å². The van der Waals surface area contributed by atoms with Gasteiger partial charge < -0.3 is 10.1 Å². The van der Waals surface area contributed by atoms with Crippen LogP contribution in [0.2, 0.25) is 0 Å². The van der Waals surface area contributed by atoms with E-state index in [1.807, 2.05) is 30.6 Å². The lowest BCUT2D eigenvalue weighted by Gasteiger charge is -2.14. The maximum atomic E-state index is 5.17. The van der Waals surface area contributed by atoms with Crippen molar-refractivity contribution in [2.75, 3.05) is 13.7 Å². The first kappa shape index (κ1) is 15.5. The molecule has 0 spiro atoms. The van der Waals surface area contributed by atoms with Crippen LogP contribution < -0.4 is 10.1 Å². The molecule has 2 aromatic rings. The maximum absolute atomic E-state index is 5.17. The van der Waals surface area contributed by atoms with E-state index in [9.17, 15) is 0 Å². The second-order valence-corrected chi connectivity index (χ2v) is 5.35. The zero-order valence-electron chi connectivity index (χ0n) is 12.9. The second kappa shape index (κ2) is 8.42. The molecule has 112 valence electrons. The van der Waals surface area contributed by atoms with E-state index in [2.05, 4.69) is 35.4 Å². The topological polar surface area (TPSA) is 34.1 Å². The van der Waals surface area contributed by atoms with Gasteiger partial charge in [0.1, 0.15) is 5.75 Å². The fourth-order valence-corrected chi connectivity index (χ4v) is 2.29. The number of hydrogen-bond donors (Lipinski definition) is 1. The van der Waals surface area contributed by atoms with Crippen LogP contribution in [0.5, 0.6) is 5.75 Å². The molecule has 1 aromatic heterocycles. The molecular weight excluding hydrogens is 260 g/mol. The van der Waals surface area contributed by atoms with Gasteiger partial charge >= 0.3 is 0 Å². The van der Waals surface area contributed by atoms with Crippen molar-refractivity contribution in [3.63, 3.8) is 0 Å². The highest BCUT2D eigenvalue weighted by molar-refractivity contribution is 5.27. The fraction of sp³-hybridized carbons (Fsp3) is 0.389. The largest absolute Gasteiger partial charge is 0.497 e. The minimum absolute atomic E-state index is 0.517. The predicted molar refractivity (Wildman–Crippen MR) is 86.7 cm³/mol. The van der Waals surface area contributed by atoms with Gasteiger partial charge in [-0.25, -0.2) is 0 Å². The summed E-state index contributed by atoms with van der Waals surface area (Å²) in [7, 11) is 1.70. The molecule has 1 N–H and O–H groups in total. The summed E-state index contributed by atoms with van der Waals surface area (Å²) in [6, 6.07) is 13.0. The molecule has 0 radical (unpaired) electrons. The van der Waals surface area contributed by atoms with E-state index in [4.69, 9.17) is 4.74 Å². The number of aromatic nitrogens is 1. The summed E-state index contributed by atoms with van der Waals surface area (Å²) in [5.41, 5.74) is 2.64. The van der Waals surface area contributed by atoms with Crippen molar-refractivity contribution in [3.8, 4) is 5.75 Å². The summed E-state index contributed by atoms with van der Waals surface area (Å²) in [5.74, 6) is 0.918. The Morgan fingerprint density at radius 1 is 1.10 bits per heavy atom. The molecule has 3 nitrogen and oxygen atoms in total. The minimum Gasteiger partial charge on any atom is -0.497 e. The molecule has 3 heteroatoms. The smallest absolute Gasteiger partial charge is 0.118 e. The van der Waals surface area contributed by atoms with E-state index in [-0.39, 0.29) is 0 Å². The number of hydrogen-bond acceptors (Lipinski definition) is 3. The first-order valence-electron chi connectivity index (χ1n) is 7.53. The van der Waals surface area contributed by atoms with E-state index in [1.165, 1.54) is 11.1 Å². The van der Waals surface area contributed by atoms with Crippen LogP contribution in [0.15, 0.2) is 48.8 Å². The monoisotopic (exact) mass is 284 g/mol. The predicted octanol–water partition coefficient (Wildman–Crippen LogP) is 3.24. The molecule has 1 atom stereocenters. The number of pyridine rings is 1. The Balaban J connectivity index is 1.66. The van der Waals surface area contributed by atoms with Gasteiger partial charge in [0, 0.05) is 18.4 Å². The van der Waals surface area contributed by atoms with Crippen molar-refractivity contribution < 1.29 is 4.74 Å². The summed E-state index contributed by atoms with van der Waals surface area (Å²) in [6.45, 7) is 3.24. The zero-order valence-corrected chi connectivity index (χ0v) is 12.9. The highest BCUT2D eigenvalue weighted by Gasteiger charge is 2.02. The summed E-state index contributed by atoms with van der Waals surface area (Å²) in [5, 5.41) is 3.57. The van der Waals surface area contributed by atoms with Gasteiger partial charge in [0.15, 0.2) is 0 Å². The van der Waals surface area contributed by atoms with Crippen molar-refractivity contribution in [1.82, 2.24) is 10.3 Å². The number of nitrogens with zero attached hydrogens (tertiary/aromatic N) is 1. The number of aryl methyl sites for hydroxylation is 1. The van der Waals surface area contributed by atoms with Crippen LogP contribution in [0.1, 0.15) is 24.5 Å². The minimum atomic E-state index is 0.517. The van der Waals surface area contributed by atoms with E-state index in [0.717, 1.165) is 31.6 Å². The van der Waals surface area contributed by atoms with Gasteiger partial charge in [-0.2, -0.15) is 0 Å². The highest BCUT2D eigenvalue weighted by atomic mass is 16.5. The van der Waals surface area contributed by atoms with Crippen LogP contribution in [-0.4, -0.2) is 24.7 Å². The van der Waals surface area contributed by atoms with Crippen molar-refractivity contribution >= 4 is 0 Å². The molecule has 0 aliphatic carbocycles. The van der Waals surface area contributed by atoms with Crippen LogP contribution in [0, 0.1) is 0 Å². The Morgan fingerprint density at radius 3 is 2.57 bits per heavy atom. The van der Waals surface area contributed by atoms with Crippen LogP contribution in [-0.2, 0) is 12.8 Å². The Labute approximate surface area is 127 Å². The summed E-state index contributed by atoms with van der Waals surface area (Å²) < 4.78 is 5.17. The molecule has 1 aromatic carbocycles. The van der Waals surface area contributed by atoms with E-state index in [0.29, 0.717) is 6.04 Å². The summed E-state index contributed by atoms with van der Waals surface area (Å²) in [4.78, 5) is 4.13. The first-order valence-corrected chi connectivity index (χ1v) is 7.53. The Hall–Kier alpha value is -1.87. The van der Waals surface area contributed by atoms with Crippen LogP contribution in [0.4, 0.5) is 0 Å². The molecule has 0 aliphatic rings. The fourth-order valence-electron chi connectivity index (χ4n) is 2.29. The average molecular weight is 284 g/mol. The number of rotatable bonds is 8. The average Bonchev–Trinajstić information content (AvgIpc) is 2.54. The molecule has 0 fully saturated rings. The van der Waals surface area contributed by atoms with Crippen molar-refractivity contribution in [2.24, 2.45) is 0 Å². The Bertz CT molecular complexity index is 511. The quantitative estimate of drug-likeness (QED) is 0.808. The normalized spacial score (nSPS) is 12.1. The van der Waals surface area contributed by atoms with Crippen LogP contribution in [0.3, 0.4) is 0 Å². The van der Waals surface area contributed by atoms with E-state index < -0.39 is 0 Å². The SMILES string of the molecule is COc1ccc(CCC(C)NCCc2cccnc2)cc1. The standard InChI is InChI=1S/C18H24N2O/c1-15(20-13-11-17-4-3-12-19-14-17)5-6-16-7-9-18(21-2)10-8-16/h3-4,7-10,12,14-15,20H,5-6,11,13H2,1-2H3. The molecule has 0 amide bonds. The zero-order chi connectivity index (χ0) is 14.9. The van der Waals surface area contributed by atoms with Gasteiger partial charge in [-0.3, -0.25) is 4.98 Å². The van der Waals surface area contributed by atoms with Gasteiger partial charge in [0.05, 0.1) is 7.11 Å². The molecule has 1 unspecified atom stereocenters. The molecule has 2 rings (SSSR count).